The third-order valence-electron chi connectivity index (χ3n) is 6.21. The van der Waals surface area contributed by atoms with E-state index < -0.39 is 20.5 Å². The number of benzene rings is 3. The third kappa shape index (κ3) is 6.60. The van der Waals surface area contributed by atoms with Gasteiger partial charge in [-0.25, -0.2) is 0 Å². The maximum atomic E-state index is 9.23. The van der Waals surface area contributed by atoms with E-state index in [0.717, 1.165) is 5.56 Å². The Morgan fingerprint density at radius 3 is 1.80 bits per heavy atom. The van der Waals surface area contributed by atoms with Gasteiger partial charge in [-0.15, -0.1) is 0 Å². The first-order chi connectivity index (χ1) is 16.9. The van der Waals surface area contributed by atoms with Gasteiger partial charge in [0, 0.05) is 12.0 Å². The van der Waals surface area contributed by atoms with Crippen LogP contribution in [0.25, 0.3) is 10.4 Å². The average Bonchev–Trinajstić information content (AvgIpc) is 2.87. The molecule has 2 unspecified atom stereocenters. The highest BCUT2D eigenvalue weighted by atomic mass is 28.4. The van der Waals surface area contributed by atoms with Gasteiger partial charge in [0.05, 0.1) is 32.0 Å². The van der Waals surface area contributed by atoms with Gasteiger partial charge in [-0.05, 0) is 26.5 Å². The fraction of sp³-hybridized carbons (Fsp3) is 0.357. The molecule has 0 amide bonds. The maximum absolute atomic E-state index is 9.23. The molecule has 3 aromatic carbocycles. The van der Waals surface area contributed by atoms with E-state index in [9.17, 15) is 5.53 Å². The van der Waals surface area contributed by atoms with E-state index in [2.05, 4.69) is 79.3 Å². The van der Waals surface area contributed by atoms with Crippen LogP contribution in [0.2, 0.25) is 5.04 Å². The minimum atomic E-state index is -2.74. The van der Waals surface area contributed by atoms with Crippen molar-refractivity contribution in [3.05, 3.63) is 107 Å². The molecule has 0 saturated carbocycles. The second kappa shape index (κ2) is 12.7. The van der Waals surface area contributed by atoms with E-state index in [-0.39, 0.29) is 18.3 Å². The number of hydrogen-bond donors (Lipinski definition) is 0. The molecule has 0 spiro atoms. The van der Waals surface area contributed by atoms with Crippen molar-refractivity contribution >= 4 is 18.7 Å². The van der Waals surface area contributed by atoms with Gasteiger partial charge in [0.15, 0.2) is 0 Å². The Hall–Kier alpha value is -2.93. The van der Waals surface area contributed by atoms with Gasteiger partial charge in [-0.2, -0.15) is 0 Å². The summed E-state index contributed by atoms with van der Waals surface area (Å²) in [5.41, 5.74) is 10.3. The molecule has 0 bridgehead atoms. The predicted octanol–water partition coefficient (Wildman–Crippen LogP) is 5.47. The monoisotopic (exact) mass is 489 g/mol. The molecule has 0 heterocycles. The van der Waals surface area contributed by atoms with Gasteiger partial charge in [-0.3, -0.25) is 0 Å². The van der Waals surface area contributed by atoms with Gasteiger partial charge in [0.25, 0.3) is 8.32 Å². The van der Waals surface area contributed by atoms with Crippen LogP contribution in [-0.2, 0) is 20.5 Å². The van der Waals surface area contributed by atoms with Crippen molar-refractivity contribution in [2.24, 2.45) is 5.11 Å². The zero-order valence-electron chi connectivity index (χ0n) is 21.0. The highest BCUT2D eigenvalue weighted by Crippen LogP contribution is 2.37. The summed E-state index contributed by atoms with van der Waals surface area (Å²) in [7, 11) is -1.12. The van der Waals surface area contributed by atoms with Gasteiger partial charge < -0.3 is 13.9 Å². The Labute approximate surface area is 209 Å². The summed E-state index contributed by atoms with van der Waals surface area (Å²) in [5, 5.41) is 6.22. The molecule has 0 N–H and O–H groups in total. The van der Waals surface area contributed by atoms with Crippen molar-refractivity contribution in [3.63, 3.8) is 0 Å². The summed E-state index contributed by atoms with van der Waals surface area (Å²) >= 11 is 0. The molecule has 184 valence electrons. The number of ether oxygens (including phenoxy) is 2. The molecule has 3 rings (SSSR count). The number of nitrogens with zero attached hydrogens (tertiary/aromatic N) is 3. The van der Waals surface area contributed by atoms with Crippen LogP contribution in [0.15, 0.2) is 96.1 Å². The van der Waals surface area contributed by atoms with Crippen molar-refractivity contribution in [2.75, 3.05) is 20.3 Å². The van der Waals surface area contributed by atoms with E-state index in [4.69, 9.17) is 13.9 Å². The molecule has 6 nitrogen and oxygen atoms in total. The smallest absolute Gasteiger partial charge is 0.261 e. The van der Waals surface area contributed by atoms with Crippen molar-refractivity contribution in [1.29, 1.82) is 0 Å². The van der Waals surface area contributed by atoms with E-state index in [0.29, 0.717) is 6.61 Å². The molecule has 35 heavy (non-hydrogen) atoms. The summed E-state index contributed by atoms with van der Waals surface area (Å²) in [6.45, 7) is 7.65. The molecular weight excluding hydrogens is 454 g/mol. The first-order valence-electron chi connectivity index (χ1n) is 11.9. The topological polar surface area (TPSA) is 76.5 Å². The van der Waals surface area contributed by atoms with Crippen molar-refractivity contribution < 1.29 is 13.9 Å². The lowest BCUT2D eigenvalue weighted by Crippen LogP contribution is -2.67. The van der Waals surface area contributed by atoms with Gasteiger partial charge in [0.1, 0.15) is 0 Å². The van der Waals surface area contributed by atoms with Crippen LogP contribution in [0.3, 0.4) is 0 Å². The molecule has 0 aliphatic rings. The van der Waals surface area contributed by atoms with Gasteiger partial charge in [-0.1, -0.05) is 117 Å². The van der Waals surface area contributed by atoms with Gasteiger partial charge in [0.2, 0.25) is 0 Å². The fourth-order valence-electron chi connectivity index (χ4n) is 4.46. The molecule has 0 aliphatic carbocycles. The summed E-state index contributed by atoms with van der Waals surface area (Å²) in [4.78, 5) is 3.06. The van der Waals surface area contributed by atoms with Crippen LogP contribution in [0.1, 0.15) is 26.3 Å². The first kappa shape index (κ1) is 26.7. The minimum Gasteiger partial charge on any atom is -0.405 e. The molecule has 7 heteroatoms. The number of methoxy groups -OCH3 is 1. The highest BCUT2D eigenvalue weighted by molar-refractivity contribution is 6.99. The van der Waals surface area contributed by atoms with Crippen LogP contribution in [0.5, 0.6) is 0 Å². The van der Waals surface area contributed by atoms with Crippen LogP contribution in [0, 0.1) is 0 Å². The summed E-state index contributed by atoms with van der Waals surface area (Å²) in [6, 6.07) is 30.3. The molecular formula is C28H35N3O3Si. The first-order valence-corrected chi connectivity index (χ1v) is 13.8. The zero-order chi connectivity index (χ0) is 25.2. The minimum absolute atomic E-state index is 0.161. The standard InChI is InChI=1S/C28H35N3O3Si/c1-28(2,3)35(24-16-10-6-11-17-24,25-18-12-7-13-19-25)34-22-27(32-4)26(30-31-29)21-33-20-23-14-8-5-9-15-23/h5-19,26-27H,20-22H2,1-4H3. The summed E-state index contributed by atoms with van der Waals surface area (Å²) in [6.07, 6.45) is -0.455. The lowest BCUT2D eigenvalue weighted by Gasteiger charge is -2.44. The average molecular weight is 490 g/mol. The molecule has 2 atom stereocenters. The van der Waals surface area contributed by atoms with Crippen molar-refractivity contribution in [3.8, 4) is 0 Å². The van der Waals surface area contributed by atoms with Crippen molar-refractivity contribution in [1.82, 2.24) is 0 Å². The SMILES string of the molecule is COC(CO[Si](c1ccccc1)(c1ccccc1)C(C)(C)C)C(COCc1ccccc1)N=[N+]=[N-]. The van der Waals surface area contributed by atoms with E-state index in [1.54, 1.807) is 7.11 Å². The summed E-state index contributed by atoms with van der Waals surface area (Å²) < 4.78 is 18.7. The fourth-order valence-corrected chi connectivity index (χ4v) is 9.03. The highest BCUT2D eigenvalue weighted by Gasteiger charge is 2.50. The Bertz CT molecular complexity index is 1030. The Balaban J connectivity index is 1.86. The van der Waals surface area contributed by atoms with E-state index in [1.807, 2.05) is 42.5 Å². The molecule has 0 fully saturated rings. The zero-order valence-corrected chi connectivity index (χ0v) is 22.0. The second-order valence-corrected chi connectivity index (χ2v) is 13.8. The maximum Gasteiger partial charge on any atom is 0.261 e. The number of azide groups is 1. The predicted molar refractivity (Wildman–Crippen MR) is 143 cm³/mol. The largest absolute Gasteiger partial charge is 0.405 e. The second-order valence-electron chi connectivity index (χ2n) is 9.52. The normalized spacial score (nSPS) is 13.6. The van der Waals surface area contributed by atoms with Crippen LogP contribution < -0.4 is 10.4 Å². The molecule has 0 saturated heterocycles. The molecule has 0 radical (unpaired) electrons. The Kier molecular flexibility index (Phi) is 9.66. The number of rotatable bonds is 12. The molecule has 0 aliphatic heterocycles. The van der Waals surface area contributed by atoms with Crippen LogP contribution in [-0.4, -0.2) is 40.8 Å². The quantitative estimate of drug-likeness (QED) is 0.146. The van der Waals surface area contributed by atoms with Crippen LogP contribution >= 0.6 is 0 Å². The lowest BCUT2D eigenvalue weighted by molar-refractivity contribution is 0.00313. The van der Waals surface area contributed by atoms with Crippen LogP contribution in [0.4, 0.5) is 0 Å². The lowest BCUT2D eigenvalue weighted by atomic mass is 10.2. The molecule has 3 aromatic rings. The van der Waals surface area contributed by atoms with Crippen molar-refractivity contribution in [2.45, 2.75) is 44.6 Å². The summed E-state index contributed by atoms with van der Waals surface area (Å²) in [5.74, 6) is 0. The van der Waals surface area contributed by atoms with E-state index in [1.165, 1.54) is 10.4 Å². The third-order valence-corrected chi connectivity index (χ3v) is 11.2. The number of hydrogen-bond acceptors (Lipinski definition) is 4. The van der Waals surface area contributed by atoms with Gasteiger partial charge >= 0.3 is 0 Å². The van der Waals surface area contributed by atoms with E-state index >= 15 is 0 Å². The molecule has 0 aromatic heterocycles. The Morgan fingerprint density at radius 2 is 1.34 bits per heavy atom. The Morgan fingerprint density at radius 1 is 0.829 bits per heavy atom.